The van der Waals surface area contributed by atoms with Crippen molar-refractivity contribution in [2.75, 3.05) is 13.7 Å². The molecule has 0 fully saturated rings. The minimum absolute atomic E-state index is 0. The maximum Gasteiger partial charge on any atom is 0.227 e. The van der Waals surface area contributed by atoms with Gasteiger partial charge in [0.15, 0.2) is 6.67 Å². The summed E-state index contributed by atoms with van der Waals surface area (Å²) in [5.41, 5.74) is 0. The highest BCUT2D eigenvalue weighted by molar-refractivity contribution is 5.74. The number of carbonyl (C=O) groups excluding carboxylic acids is 1. The lowest BCUT2D eigenvalue weighted by atomic mass is 10.6. The Hall–Kier alpha value is -0.540. The smallest absolute Gasteiger partial charge is 0.227 e. The van der Waals surface area contributed by atoms with E-state index >= 15 is 0 Å². The summed E-state index contributed by atoms with van der Waals surface area (Å²) in [6, 6.07) is 0. The van der Waals surface area contributed by atoms with Crippen molar-refractivity contribution in [2.45, 2.75) is 6.92 Å². The van der Waals surface area contributed by atoms with Crippen molar-refractivity contribution < 1.29 is 22.1 Å². The zero-order valence-corrected chi connectivity index (χ0v) is 6.85. The molecule has 1 aliphatic heterocycles. The third-order valence-corrected chi connectivity index (χ3v) is 1.36. The van der Waals surface area contributed by atoms with E-state index < -0.39 is 0 Å². The summed E-state index contributed by atoms with van der Waals surface area (Å²) in [6.45, 7) is 2.35. The van der Waals surface area contributed by atoms with E-state index in [4.69, 9.17) is 0 Å². The van der Waals surface area contributed by atoms with Gasteiger partial charge in [0.05, 0.1) is 13.2 Å². The van der Waals surface area contributed by atoms with E-state index in [0.717, 1.165) is 6.67 Å². The van der Waals surface area contributed by atoms with E-state index in [-0.39, 0.29) is 18.3 Å². The number of nitrogens with one attached hydrogen (secondary N) is 1. The Morgan fingerprint density at radius 1 is 1.70 bits per heavy atom. The number of hydrogen-bond acceptors (Lipinski definition) is 1. The predicted molar refractivity (Wildman–Crippen MR) is 33.4 cm³/mol. The molecule has 3 nitrogen and oxygen atoms in total. The van der Waals surface area contributed by atoms with Gasteiger partial charge in [-0.15, -0.1) is 0 Å². The fourth-order valence-electron chi connectivity index (χ4n) is 0.808. The zero-order valence-electron chi connectivity index (χ0n) is 6.10. The molecule has 4 heteroatoms. The predicted octanol–water partition coefficient (Wildman–Crippen LogP) is -4.20. The summed E-state index contributed by atoms with van der Waals surface area (Å²) in [7, 11) is 2.01. The highest BCUT2D eigenvalue weighted by atomic mass is 35.5. The van der Waals surface area contributed by atoms with Crippen LogP contribution in [-0.2, 0) is 4.79 Å². The Morgan fingerprint density at radius 3 is 2.50 bits per heavy atom. The van der Waals surface area contributed by atoms with Gasteiger partial charge in [0, 0.05) is 6.92 Å². The molecule has 0 saturated heterocycles. The van der Waals surface area contributed by atoms with Crippen molar-refractivity contribution in [1.82, 2.24) is 4.90 Å². The lowest BCUT2D eigenvalue weighted by Gasteiger charge is -2.08. The SMILES string of the molecule is CC(=O)N1C=C[NH+](C)C1.[Cl-]. The molecule has 0 saturated carbocycles. The van der Waals surface area contributed by atoms with Crippen molar-refractivity contribution >= 4 is 5.91 Å². The van der Waals surface area contributed by atoms with Gasteiger partial charge in [0.2, 0.25) is 5.91 Å². The molecule has 0 aromatic heterocycles. The summed E-state index contributed by atoms with van der Waals surface area (Å²) in [4.78, 5) is 13.6. The van der Waals surface area contributed by atoms with Crippen LogP contribution >= 0.6 is 0 Å². The fraction of sp³-hybridized carbons (Fsp3) is 0.500. The van der Waals surface area contributed by atoms with E-state index in [1.54, 1.807) is 11.8 Å². The number of amides is 1. The van der Waals surface area contributed by atoms with Crippen LogP contribution in [0.25, 0.3) is 0 Å². The summed E-state index contributed by atoms with van der Waals surface area (Å²) < 4.78 is 0. The van der Waals surface area contributed by atoms with Crippen LogP contribution in [0.2, 0.25) is 0 Å². The van der Waals surface area contributed by atoms with Gasteiger partial charge >= 0.3 is 0 Å². The highest BCUT2D eigenvalue weighted by Gasteiger charge is 2.15. The van der Waals surface area contributed by atoms with Crippen molar-refractivity contribution in [3.8, 4) is 0 Å². The van der Waals surface area contributed by atoms with Gasteiger partial charge in [-0.3, -0.25) is 14.6 Å². The second-order valence-corrected chi connectivity index (χ2v) is 2.31. The molecule has 10 heavy (non-hydrogen) atoms. The number of carbonyl (C=O) groups is 1. The van der Waals surface area contributed by atoms with Crippen LogP contribution in [-0.4, -0.2) is 24.5 Å². The summed E-state index contributed by atoms with van der Waals surface area (Å²) in [5.74, 6) is 0.114. The monoisotopic (exact) mass is 162 g/mol. The first-order valence-corrected chi connectivity index (χ1v) is 2.98. The number of nitrogens with zero attached hydrogens (tertiary/aromatic N) is 1. The quantitative estimate of drug-likeness (QED) is 0.384. The molecule has 0 radical (unpaired) electrons. The molecule has 1 rings (SSSR count). The van der Waals surface area contributed by atoms with Gasteiger partial charge in [-0.25, -0.2) is 0 Å². The molecule has 1 N–H and O–H groups in total. The van der Waals surface area contributed by atoms with Crippen LogP contribution in [0.5, 0.6) is 0 Å². The molecule has 1 heterocycles. The number of rotatable bonds is 0. The van der Waals surface area contributed by atoms with Gasteiger partial charge in [0.25, 0.3) is 0 Å². The third kappa shape index (κ3) is 2.01. The molecule has 1 unspecified atom stereocenters. The Morgan fingerprint density at radius 2 is 2.30 bits per heavy atom. The number of quaternary nitrogens is 1. The molecule has 1 atom stereocenters. The lowest BCUT2D eigenvalue weighted by Crippen LogP contribution is -3.03. The van der Waals surface area contributed by atoms with E-state index in [1.165, 1.54) is 4.90 Å². The molecule has 0 aromatic carbocycles. The topological polar surface area (TPSA) is 24.8 Å². The van der Waals surface area contributed by atoms with Crippen LogP contribution in [0.15, 0.2) is 12.4 Å². The zero-order chi connectivity index (χ0) is 6.85. The Balaban J connectivity index is 0.000000810. The summed E-state index contributed by atoms with van der Waals surface area (Å²) in [6.07, 6.45) is 3.78. The van der Waals surface area contributed by atoms with Crippen molar-refractivity contribution in [3.05, 3.63) is 12.4 Å². The largest absolute Gasteiger partial charge is 1.00 e. The first kappa shape index (κ1) is 9.46. The molecular weight excluding hydrogens is 152 g/mol. The van der Waals surface area contributed by atoms with Crippen LogP contribution in [0.4, 0.5) is 0 Å². The molecule has 0 spiro atoms. The first-order valence-electron chi connectivity index (χ1n) is 2.98. The van der Waals surface area contributed by atoms with Crippen molar-refractivity contribution in [2.24, 2.45) is 0 Å². The van der Waals surface area contributed by atoms with E-state index in [9.17, 15) is 4.79 Å². The lowest BCUT2D eigenvalue weighted by molar-refractivity contribution is -0.825. The Bertz CT molecular complexity index is 158. The minimum Gasteiger partial charge on any atom is -1.00 e. The van der Waals surface area contributed by atoms with E-state index in [2.05, 4.69) is 0 Å². The molecule has 0 bridgehead atoms. The van der Waals surface area contributed by atoms with Gasteiger partial charge in [-0.05, 0) is 0 Å². The van der Waals surface area contributed by atoms with Crippen LogP contribution in [0.3, 0.4) is 0 Å². The van der Waals surface area contributed by atoms with Crippen LogP contribution in [0, 0.1) is 0 Å². The Labute approximate surface area is 66.7 Å². The van der Waals surface area contributed by atoms with Gasteiger partial charge in [-0.2, -0.15) is 0 Å². The average molecular weight is 163 g/mol. The molecule has 58 valence electrons. The molecule has 0 aromatic rings. The van der Waals surface area contributed by atoms with Crippen LogP contribution < -0.4 is 17.3 Å². The van der Waals surface area contributed by atoms with Gasteiger partial charge < -0.3 is 12.4 Å². The normalized spacial score (nSPS) is 22.6. The fourth-order valence-corrected chi connectivity index (χ4v) is 0.808. The second-order valence-electron chi connectivity index (χ2n) is 2.31. The second kappa shape index (κ2) is 3.58. The van der Waals surface area contributed by atoms with Gasteiger partial charge in [-0.1, -0.05) is 0 Å². The van der Waals surface area contributed by atoms with Crippen molar-refractivity contribution in [1.29, 1.82) is 0 Å². The third-order valence-electron chi connectivity index (χ3n) is 1.36. The standard InChI is InChI=1S/C6H10N2O.ClH/c1-6(9)8-4-3-7(2)5-8;/h3-4H,5H2,1-2H3;1H. The first-order chi connectivity index (χ1) is 4.20. The molecule has 1 aliphatic rings. The molecular formula is C6H11ClN2O. The Kier molecular flexibility index (Phi) is 3.39. The molecule has 0 aliphatic carbocycles. The number of hydrogen-bond donors (Lipinski definition) is 1. The minimum atomic E-state index is 0. The average Bonchev–Trinajstić information content (AvgIpc) is 2.14. The van der Waals surface area contributed by atoms with E-state index in [1.807, 2.05) is 19.4 Å². The summed E-state index contributed by atoms with van der Waals surface area (Å²) in [5, 5.41) is 0. The summed E-state index contributed by atoms with van der Waals surface area (Å²) >= 11 is 0. The maximum absolute atomic E-state index is 10.7. The maximum atomic E-state index is 10.7. The van der Waals surface area contributed by atoms with Crippen LogP contribution in [0.1, 0.15) is 6.92 Å². The van der Waals surface area contributed by atoms with E-state index in [0.29, 0.717) is 0 Å². The van der Waals surface area contributed by atoms with Gasteiger partial charge in [0.1, 0.15) is 6.20 Å². The molecule has 1 amide bonds. The van der Waals surface area contributed by atoms with Crippen molar-refractivity contribution in [3.63, 3.8) is 0 Å². The highest BCUT2D eigenvalue weighted by Crippen LogP contribution is 1.88. The number of halogens is 1.